The molecule has 0 bridgehead atoms. The minimum atomic E-state index is -1.26. The van der Waals surface area contributed by atoms with Crippen molar-refractivity contribution in [3.8, 4) is 0 Å². The van der Waals surface area contributed by atoms with Gasteiger partial charge in [0.05, 0.1) is 14.2 Å². The molecule has 0 aliphatic heterocycles. The predicted molar refractivity (Wildman–Crippen MR) is 82.6 cm³/mol. The van der Waals surface area contributed by atoms with E-state index in [0.717, 1.165) is 27.5 Å². The van der Waals surface area contributed by atoms with E-state index in [1.807, 2.05) is 25.1 Å². The summed E-state index contributed by atoms with van der Waals surface area (Å²) in [5, 5.41) is 2.26. The summed E-state index contributed by atoms with van der Waals surface area (Å²) in [5.41, 5.74) is 1.93. The highest BCUT2D eigenvalue weighted by molar-refractivity contribution is 6.02. The molecule has 0 saturated carbocycles. The largest absolute Gasteiger partial charge is 0.468 e. The Kier molecular flexibility index (Phi) is 3.39. The first-order chi connectivity index (χ1) is 10.5. The molecule has 0 radical (unpaired) electrons. The molecule has 4 nitrogen and oxygen atoms in total. The van der Waals surface area contributed by atoms with Crippen molar-refractivity contribution in [2.75, 3.05) is 14.2 Å². The van der Waals surface area contributed by atoms with Crippen LogP contribution in [0.15, 0.2) is 30.3 Å². The second-order valence-electron chi connectivity index (χ2n) is 5.78. The molecule has 0 N–H and O–H groups in total. The third-order valence-corrected chi connectivity index (χ3v) is 4.66. The van der Waals surface area contributed by atoms with Crippen molar-refractivity contribution in [2.24, 2.45) is 5.41 Å². The molecule has 2 aromatic carbocycles. The Morgan fingerprint density at radius 1 is 1.05 bits per heavy atom. The third-order valence-electron chi connectivity index (χ3n) is 4.66. The molecule has 0 fully saturated rings. The second kappa shape index (κ2) is 5.13. The third kappa shape index (κ3) is 1.90. The van der Waals surface area contributed by atoms with Crippen LogP contribution in [-0.2, 0) is 31.9 Å². The molecule has 0 saturated heterocycles. The first-order valence-electron chi connectivity index (χ1n) is 7.20. The summed E-state index contributed by atoms with van der Waals surface area (Å²) in [6.07, 6.45) is 0.658. The lowest BCUT2D eigenvalue weighted by atomic mass is 9.84. The summed E-state index contributed by atoms with van der Waals surface area (Å²) >= 11 is 0. The molecule has 2 aromatic rings. The zero-order valence-electron chi connectivity index (χ0n) is 12.9. The van der Waals surface area contributed by atoms with E-state index in [-0.39, 0.29) is 0 Å². The fraction of sp³-hybridized carbons (Fsp3) is 0.333. The maximum atomic E-state index is 12.3. The van der Waals surface area contributed by atoms with Gasteiger partial charge in [-0.25, -0.2) is 0 Å². The fourth-order valence-corrected chi connectivity index (χ4v) is 3.50. The first-order valence-corrected chi connectivity index (χ1v) is 7.20. The van der Waals surface area contributed by atoms with Gasteiger partial charge in [-0.1, -0.05) is 30.3 Å². The summed E-state index contributed by atoms with van der Waals surface area (Å²) in [4.78, 5) is 24.6. The fourth-order valence-electron chi connectivity index (χ4n) is 3.50. The number of ether oxygens (including phenoxy) is 2. The van der Waals surface area contributed by atoms with Gasteiger partial charge in [0.15, 0.2) is 5.41 Å². The lowest BCUT2D eigenvalue weighted by Crippen LogP contribution is -2.42. The van der Waals surface area contributed by atoms with E-state index < -0.39 is 17.4 Å². The minimum Gasteiger partial charge on any atom is -0.468 e. The van der Waals surface area contributed by atoms with Crippen molar-refractivity contribution in [3.05, 3.63) is 47.0 Å². The summed E-state index contributed by atoms with van der Waals surface area (Å²) in [6.45, 7) is 2.03. The zero-order valence-corrected chi connectivity index (χ0v) is 12.9. The Bertz CT molecular complexity index is 760. The van der Waals surface area contributed by atoms with Crippen molar-refractivity contribution < 1.29 is 19.1 Å². The van der Waals surface area contributed by atoms with Gasteiger partial charge in [-0.3, -0.25) is 9.59 Å². The van der Waals surface area contributed by atoms with Crippen LogP contribution in [0.25, 0.3) is 10.8 Å². The minimum absolute atomic E-state index is 0.327. The molecular formula is C18H18O4. The molecule has 0 spiro atoms. The molecule has 1 aliphatic carbocycles. The van der Waals surface area contributed by atoms with Gasteiger partial charge in [0, 0.05) is 6.42 Å². The average Bonchev–Trinajstić information content (AvgIpc) is 2.94. The monoisotopic (exact) mass is 298 g/mol. The predicted octanol–water partition coefficient (Wildman–Crippen LogP) is 2.58. The molecule has 22 heavy (non-hydrogen) atoms. The number of carbonyl (C=O) groups excluding carboxylic acids is 2. The highest BCUT2D eigenvalue weighted by Gasteiger charge is 2.53. The van der Waals surface area contributed by atoms with Gasteiger partial charge in [-0.05, 0) is 40.8 Å². The van der Waals surface area contributed by atoms with Crippen LogP contribution in [0.5, 0.6) is 0 Å². The molecule has 0 heterocycles. The van der Waals surface area contributed by atoms with Crippen molar-refractivity contribution in [1.29, 1.82) is 0 Å². The lowest BCUT2D eigenvalue weighted by Gasteiger charge is -2.22. The number of aryl methyl sites for hydroxylation is 1. The van der Waals surface area contributed by atoms with E-state index in [4.69, 9.17) is 9.47 Å². The Balaban J connectivity index is 2.18. The summed E-state index contributed by atoms with van der Waals surface area (Å²) in [5.74, 6) is -1.06. The first kappa shape index (κ1) is 14.6. The summed E-state index contributed by atoms with van der Waals surface area (Å²) < 4.78 is 9.78. The Hall–Kier alpha value is -2.36. The summed E-state index contributed by atoms with van der Waals surface area (Å²) in [6, 6.07) is 10.1. The van der Waals surface area contributed by atoms with Crippen LogP contribution in [0.1, 0.15) is 16.7 Å². The molecule has 0 atom stereocenters. The Morgan fingerprint density at radius 2 is 1.68 bits per heavy atom. The molecule has 4 heteroatoms. The highest BCUT2D eigenvalue weighted by Crippen LogP contribution is 2.42. The number of esters is 2. The van der Waals surface area contributed by atoms with E-state index in [9.17, 15) is 9.59 Å². The summed E-state index contributed by atoms with van der Waals surface area (Å²) in [7, 11) is 2.61. The van der Waals surface area contributed by atoms with Crippen LogP contribution in [0.2, 0.25) is 0 Å². The van der Waals surface area contributed by atoms with Crippen LogP contribution in [0.4, 0.5) is 0 Å². The number of carbonyl (C=O) groups is 2. The number of methoxy groups -OCH3 is 2. The van der Waals surface area contributed by atoms with E-state index >= 15 is 0 Å². The van der Waals surface area contributed by atoms with Gasteiger partial charge in [0.25, 0.3) is 0 Å². The average molecular weight is 298 g/mol. The van der Waals surface area contributed by atoms with Crippen molar-refractivity contribution in [1.82, 2.24) is 0 Å². The lowest BCUT2D eigenvalue weighted by molar-refractivity contribution is -0.168. The maximum absolute atomic E-state index is 12.3. The number of hydrogen-bond donors (Lipinski definition) is 0. The molecule has 1 aliphatic rings. The van der Waals surface area contributed by atoms with Gasteiger partial charge in [0.1, 0.15) is 0 Å². The molecule has 114 valence electrons. The van der Waals surface area contributed by atoms with E-state index in [0.29, 0.717) is 12.8 Å². The van der Waals surface area contributed by atoms with Crippen LogP contribution in [0, 0.1) is 12.3 Å². The van der Waals surface area contributed by atoms with Gasteiger partial charge in [0.2, 0.25) is 0 Å². The quantitative estimate of drug-likeness (QED) is 0.631. The molecule has 0 amide bonds. The van der Waals surface area contributed by atoms with E-state index in [1.54, 1.807) is 0 Å². The van der Waals surface area contributed by atoms with Gasteiger partial charge < -0.3 is 9.47 Å². The SMILES string of the molecule is COC(=O)C1(C(=O)OC)Cc2cc3ccccc3c(C)c2C1. The maximum Gasteiger partial charge on any atom is 0.323 e. The molecular weight excluding hydrogens is 280 g/mol. The molecule has 0 unspecified atom stereocenters. The molecule has 0 aromatic heterocycles. The van der Waals surface area contributed by atoms with Crippen molar-refractivity contribution in [2.45, 2.75) is 19.8 Å². The van der Waals surface area contributed by atoms with E-state index in [1.165, 1.54) is 14.2 Å². The van der Waals surface area contributed by atoms with Crippen molar-refractivity contribution >= 4 is 22.7 Å². The zero-order chi connectivity index (χ0) is 15.9. The van der Waals surface area contributed by atoms with Crippen LogP contribution in [-0.4, -0.2) is 26.2 Å². The number of hydrogen-bond acceptors (Lipinski definition) is 4. The van der Waals surface area contributed by atoms with Gasteiger partial charge >= 0.3 is 11.9 Å². The van der Waals surface area contributed by atoms with E-state index in [2.05, 4.69) is 12.1 Å². The van der Waals surface area contributed by atoms with Crippen LogP contribution >= 0.6 is 0 Å². The van der Waals surface area contributed by atoms with Gasteiger partial charge in [-0.2, -0.15) is 0 Å². The van der Waals surface area contributed by atoms with Crippen molar-refractivity contribution in [3.63, 3.8) is 0 Å². The normalized spacial score (nSPS) is 15.4. The van der Waals surface area contributed by atoms with Gasteiger partial charge in [-0.15, -0.1) is 0 Å². The number of fused-ring (bicyclic) bond motifs is 2. The molecule has 3 rings (SSSR count). The highest BCUT2D eigenvalue weighted by atomic mass is 16.5. The smallest absolute Gasteiger partial charge is 0.323 e. The number of rotatable bonds is 2. The van der Waals surface area contributed by atoms with Crippen LogP contribution < -0.4 is 0 Å². The Morgan fingerprint density at radius 3 is 2.32 bits per heavy atom. The standard InChI is InChI=1S/C18H18O4/c1-11-14-7-5-4-6-12(14)8-13-9-18(10-15(11)13,16(19)21-2)17(20)22-3/h4-8H,9-10H2,1-3H3. The number of benzene rings is 2. The Labute approximate surface area is 129 Å². The second-order valence-corrected chi connectivity index (χ2v) is 5.78. The van der Waals surface area contributed by atoms with Crippen LogP contribution in [0.3, 0.4) is 0 Å². The topological polar surface area (TPSA) is 52.6 Å².